The third-order valence-electron chi connectivity index (χ3n) is 1.75. The molecule has 0 atom stereocenters. The van der Waals surface area contributed by atoms with Crippen molar-refractivity contribution in [2.24, 2.45) is 0 Å². The Morgan fingerprint density at radius 1 is 0.900 bits per heavy atom. The molecule has 2 rings (SSSR count). The molecule has 6 heteroatoms. The van der Waals surface area contributed by atoms with Gasteiger partial charge in [-0.2, -0.15) is 6.07 Å². The van der Waals surface area contributed by atoms with Crippen molar-refractivity contribution in [3.05, 3.63) is 54.5 Å². The maximum absolute atomic E-state index is 4.06. The van der Waals surface area contributed by atoms with Gasteiger partial charge in [0.05, 0.1) is 0 Å². The Morgan fingerprint density at radius 2 is 1.35 bits per heavy atom. The van der Waals surface area contributed by atoms with Crippen LogP contribution in [-0.4, -0.2) is 24.9 Å². The van der Waals surface area contributed by atoms with E-state index in [9.17, 15) is 0 Å². The number of halogens is 1. The molecule has 2 aromatic heterocycles. The van der Waals surface area contributed by atoms with Crippen molar-refractivity contribution in [1.82, 2.24) is 19.9 Å². The largest absolute Gasteiger partial charge is 0.273 e. The Labute approximate surface area is 161 Å². The van der Waals surface area contributed by atoms with E-state index < -0.39 is 0 Å². The van der Waals surface area contributed by atoms with E-state index in [1.165, 1.54) is 0 Å². The average Bonchev–Trinajstić information content (AvgIpc) is 2.31. The minimum absolute atomic E-state index is 0. The van der Waals surface area contributed by atoms with Crippen molar-refractivity contribution >= 4 is 22.6 Å². The molecule has 1 radical (unpaired) electrons. The summed E-state index contributed by atoms with van der Waals surface area (Å²) in [7, 11) is 0. The fraction of sp³-hybridized carbons (Fsp3) is 0.357. The van der Waals surface area contributed by atoms with Crippen LogP contribution in [0.4, 0.5) is 0 Å². The molecule has 4 nitrogen and oxygen atoms in total. The molecule has 2 heterocycles. The van der Waals surface area contributed by atoms with Crippen molar-refractivity contribution in [1.29, 1.82) is 0 Å². The van der Waals surface area contributed by atoms with Gasteiger partial charge < -0.3 is 0 Å². The van der Waals surface area contributed by atoms with Crippen LogP contribution in [0.15, 0.2) is 24.5 Å². The molecular formula is C14H22IN4Y-. The van der Waals surface area contributed by atoms with Crippen molar-refractivity contribution in [3.63, 3.8) is 0 Å². The van der Waals surface area contributed by atoms with E-state index in [4.69, 9.17) is 0 Å². The summed E-state index contributed by atoms with van der Waals surface area (Å²) in [4.78, 5) is 17.8. The van der Waals surface area contributed by atoms with Gasteiger partial charge in [-0.3, -0.25) is 9.97 Å². The van der Waals surface area contributed by atoms with Crippen molar-refractivity contribution in [2.45, 2.75) is 28.2 Å². The predicted octanol–water partition coefficient (Wildman–Crippen LogP) is 3.75. The van der Waals surface area contributed by atoms with Crippen molar-refractivity contribution in [2.75, 3.05) is 4.93 Å². The van der Waals surface area contributed by atoms with Crippen LogP contribution >= 0.6 is 22.6 Å². The van der Waals surface area contributed by atoms with Gasteiger partial charge in [0.2, 0.25) is 0 Å². The number of aromatic nitrogens is 4. The zero-order chi connectivity index (χ0) is 14.0. The van der Waals surface area contributed by atoms with Crippen LogP contribution in [0.25, 0.3) is 0 Å². The third-order valence-corrected chi connectivity index (χ3v) is 1.75. The second kappa shape index (κ2) is 15.3. The molecule has 109 valence electrons. The first-order valence-electron chi connectivity index (χ1n) is 5.33. The van der Waals surface area contributed by atoms with E-state index in [-0.39, 0.29) is 40.1 Å². The minimum atomic E-state index is 0. The molecule has 0 aliphatic heterocycles. The standard InChI is InChI=1S/C6H8N2.C6H7N2.CH3I.CH4.Y/c2*1-5-3-4-7-6(2)8-5;1-2;;/h3-4H,1-2H3;3-4H,1H2,2H3;1H3;1H4;/q;-1;;;. The molecule has 0 bridgehead atoms. The van der Waals surface area contributed by atoms with Crippen LogP contribution in [0, 0.1) is 27.7 Å². The molecule has 0 saturated heterocycles. The van der Waals surface area contributed by atoms with Crippen LogP contribution in [0.5, 0.6) is 0 Å². The van der Waals surface area contributed by atoms with Crippen LogP contribution in [0.1, 0.15) is 30.5 Å². The van der Waals surface area contributed by atoms with Crippen molar-refractivity contribution in [3.8, 4) is 0 Å². The monoisotopic (exact) mass is 462 g/mol. The second-order valence-corrected chi connectivity index (χ2v) is 3.34. The molecule has 0 fully saturated rings. The summed E-state index contributed by atoms with van der Waals surface area (Å²) in [6.45, 7) is 9.31. The van der Waals surface area contributed by atoms with E-state index in [1.54, 1.807) is 18.5 Å². The normalized spacial score (nSPS) is 7.65. The first kappa shape index (κ1) is 24.9. The summed E-state index contributed by atoms with van der Waals surface area (Å²) in [6.07, 6.45) is 3.46. The molecule has 20 heavy (non-hydrogen) atoms. The number of hydrogen-bond donors (Lipinski definition) is 0. The fourth-order valence-electron chi connectivity index (χ4n) is 1.08. The zero-order valence-electron chi connectivity index (χ0n) is 11.8. The number of nitrogens with zero attached hydrogens (tertiary/aromatic N) is 4. The molecule has 0 aromatic carbocycles. The minimum Gasteiger partial charge on any atom is -0.273 e. The molecule has 0 unspecified atom stereocenters. The van der Waals surface area contributed by atoms with Gasteiger partial charge in [-0.1, -0.05) is 35.7 Å². The molecule has 0 saturated carbocycles. The number of rotatable bonds is 0. The van der Waals surface area contributed by atoms with Gasteiger partial charge in [0.15, 0.2) is 0 Å². The van der Waals surface area contributed by atoms with Crippen LogP contribution in [0.2, 0.25) is 0 Å². The summed E-state index contributed by atoms with van der Waals surface area (Å²) in [5.74, 6) is 1.61. The van der Waals surface area contributed by atoms with E-state index in [1.807, 2.05) is 31.8 Å². The van der Waals surface area contributed by atoms with Crippen LogP contribution in [-0.2, 0) is 32.7 Å². The van der Waals surface area contributed by atoms with E-state index >= 15 is 0 Å². The maximum Gasteiger partial charge on any atom is 0.125 e. The SMILES string of the molecule is C.CI.Cc1ccnc(C)n1.[CH2-]c1ccnc(C)n1.[Y]. The van der Waals surface area contributed by atoms with Crippen LogP contribution < -0.4 is 0 Å². The molecule has 0 aliphatic carbocycles. The molecular weight excluding hydrogens is 440 g/mol. The van der Waals surface area contributed by atoms with Gasteiger partial charge in [0.25, 0.3) is 0 Å². The predicted molar refractivity (Wildman–Crippen MR) is 89.4 cm³/mol. The summed E-state index contributed by atoms with van der Waals surface area (Å²) in [5.41, 5.74) is 1.80. The first-order valence-corrected chi connectivity index (χ1v) is 7.49. The van der Waals surface area contributed by atoms with E-state index in [2.05, 4.69) is 49.5 Å². The Kier molecular flexibility index (Phi) is 19.0. The Morgan fingerprint density at radius 3 is 1.60 bits per heavy atom. The average molecular weight is 462 g/mol. The molecule has 0 spiro atoms. The van der Waals surface area contributed by atoms with E-state index in [0.717, 1.165) is 23.0 Å². The summed E-state index contributed by atoms with van der Waals surface area (Å²) >= 11 is 2.15. The first-order chi connectivity index (χ1) is 8.58. The Balaban J connectivity index is -0.000000236. The number of alkyl halides is 1. The van der Waals surface area contributed by atoms with E-state index in [0.29, 0.717) is 0 Å². The van der Waals surface area contributed by atoms with Gasteiger partial charge in [0.1, 0.15) is 11.6 Å². The van der Waals surface area contributed by atoms with Gasteiger partial charge in [0, 0.05) is 44.6 Å². The van der Waals surface area contributed by atoms with Gasteiger partial charge >= 0.3 is 0 Å². The maximum atomic E-state index is 4.06. The molecule has 0 N–H and O–H groups in total. The fourth-order valence-corrected chi connectivity index (χ4v) is 1.08. The second-order valence-electron chi connectivity index (χ2n) is 3.34. The summed E-state index contributed by atoms with van der Waals surface area (Å²) < 4.78 is 0. The topological polar surface area (TPSA) is 51.6 Å². The van der Waals surface area contributed by atoms with Crippen LogP contribution in [0.3, 0.4) is 0 Å². The zero-order valence-corrected chi connectivity index (χ0v) is 16.8. The Hall–Kier alpha value is -0.136. The quantitative estimate of drug-likeness (QED) is 0.340. The van der Waals surface area contributed by atoms with Gasteiger partial charge in [-0.05, 0) is 38.0 Å². The Bertz CT molecular complexity index is 388. The van der Waals surface area contributed by atoms with Gasteiger partial charge in [-0.15, -0.1) is 0 Å². The molecule has 0 amide bonds. The smallest absolute Gasteiger partial charge is 0.125 e. The molecule has 2 aromatic rings. The third kappa shape index (κ3) is 12.9. The molecule has 0 aliphatic rings. The number of hydrogen-bond acceptors (Lipinski definition) is 4. The summed E-state index contributed by atoms with van der Waals surface area (Å²) in [6, 6.07) is 3.65. The van der Waals surface area contributed by atoms with Gasteiger partial charge in [-0.25, -0.2) is 16.9 Å². The summed E-state index contributed by atoms with van der Waals surface area (Å²) in [5, 5.41) is 0. The number of aryl methyl sites for hydroxylation is 3. The van der Waals surface area contributed by atoms with Crippen molar-refractivity contribution < 1.29 is 32.7 Å².